The van der Waals surface area contributed by atoms with Crippen LogP contribution in [-0.4, -0.2) is 53.7 Å². The molecule has 1 aliphatic rings. The Hall–Kier alpha value is -2.48. The standard InChI is InChI=1S/C18H27N5O2.C2H6.CH3F/c1-3-4-8-14(2)20-18(25)17-15(13-19-22-17)21-16(24)9-12-23-10-6-5-7-11-23;2*1-2/h3-4,8,13H,5-7,9-12H2,1-2H3,(H,19,22)(H,20,25)(H,21,24);1-2H3;1H3/b4-3-,14-8+;;. The molecule has 0 unspecified atom stereocenters. The summed E-state index contributed by atoms with van der Waals surface area (Å²) in [6, 6.07) is 0. The summed E-state index contributed by atoms with van der Waals surface area (Å²) in [7, 11) is 0.500. The van der Waals surface area contributed by atoms with Gasteiger partial charge in [0.05, 0.1) is 19.1 Å². The molecule has 0 aromatic carbocycles. The molecule has 0 radical (unpaired) electrons. The minimum absolute atomic E-state index is 0.109. The average Bonchev–Trinajstić information content (AvgIpc) is 3.22. The third-order valence-electron chi connectivity index (χ3n) is 4.09. The van der Waals surface area contributed by atoms with Crippen LogP contribution in [0, 0.1) is 0 Å². The molecule has 2 amide bonds. The number of nitrogens with zero attached hydrogens (tertiary/aromatic N) is 2. The Bertz CT molecular complexity index is 649. The van der Waals surface area contributed by atoms with Crippen LogP contribution in [-0.2, 0) is 4.79 Å². The van der Waals surface area contributed by atoms with Crippen molar-refractivity contribution in [1.29, 1.82) is 0 Å². The quantitative estimate of drug-likeness (QED) is 0.593. The van der Waals surface area contributed by atoms with Crippen molar-refractivity contribution in [3.63, 3.8) is 0 Å². The number of halogens is 1. The predicted molar refractivity (Wildman–Crippen MR) is 117 cm³/mol. The van der Waals surface area contributed by atoms with Crippen molar-refractivity contribution in [2.75, 3.05) is 32.1 Å². The van der Waals surface area contributed by atoms with Crippen molar-refractivity contribution in [3.8, 4) is 0 Å². The van der Waals surface area contributed by atoms with Gasteiger partial charge in [0, 0.05) is 18.7 Å². The maximum absolute atomic E-state index is 12.3. The van der Waals surface area contributed by atoms with Gasteiger partial charge >= 0.3 is 0 Å². The first-order chi connectivity index (χ1) is 14.1. The summed E-state index contributed by atoms with van der Waals surface area (Å²) in [5, 5.41) is 12.0. The van der Waals surface area contributed by atoms with Crippen LogP contribution in [0.5, 0.6) is 0 Å². The highest BCUT2D eigenvalue weighted by molar-refractivity contribution is 6.02. The summed E-state index contributed by atoms with van der Waals surface area (Å²) >= 11 is 0. The Morgan fingerprint density at radius 3 is 2.52 bits per heavy atom. The number of anilines is 1. The normalized spacial score (nSPS) is 14.3. The van der Waals surface area contributed by atoms with E-state index >= 15 is 0 Å². The molecule has 0 saturated carbocycles. The molecule has 0 aliphatic carbocycles. The van der Waals surface area contributed by atoms with Crippen molar-refractivity contribution in [3.05, 3.63) is 35.8 Å². The van der Waals surface area contributed by atoms with Crippen molar-refractivity contribution >= 4 is 17.5 Å². The van der Waals surface area contributed by atoms with Crippen molar-refractivity contribution in [2.45, 2.75) is 53.4 Å². The van der Waals surface area contributed by atoms with Crippen molar-refractivity contribution in [1.82, 2.24) is 20.4 Å². The molecule has 1 aromatic rings. The number of carbonyl (C=O) groups excluding carboxylic acids is 2. The summed E-state index contributed by atoms with van der Waals surface area (Å²) < 4.78 is 9.50. The molecule has 7 nitrogen and oxygen atoms in total. The Balaban J connectivity index is 0.00000184. The highest BCUT2D eigenvalue weighted by Gasteiger charge is 2.17. The van der Waals surface area contributed by atoms with Crippen LogP contribution in [0.1, 0.15) is 63.9 Å². The van der Waals surface area contributed by atoms with Gasteiger partial charge in [-0.3, -0.25) is 19.1 Å². The van der Waals surface area contributed by atoms with E-state index < -0.39 is 0 Å². The lowest BCUT2D eigenvalue weighted by Crippen LogP contribution is -2.32. The van der Waals surface area contributed by atoms with Crippen LogP contribution in [0.25, 0.3) is 0 Å². The first-order valence-corrected chi connectivity index (χ1v) is 10.1. The van der Waals surface area contributed by atoms with E-state index in [9.17, 15) is 14.0 Å². The molecule has 29 heavy (non-hydrogen) atoms. The Morgan fingerprint density at radius 1 is 1.24 bits per heavy atom. The Morgan fingerprint density at radius 2 is 1.90 bits per heavy atom. The van der Waals surface area contributed by atoms with Crippen LogP contribution < -0.4 is 10.6 Å². The van der Waals surface area contributed by atoms with E-state index in [1.807, 2.05) is 32.9 Å². The summed E-state index contributed by atoms with van der Waals surface area (Å²) in [6.45, 7) is 10.6. The van der Waals surface area contributed by atoms with Crippen LogP contribution in [0.2, 0.25) is 0 Å². The number of amides is 2. The van der Waals surface area contributed by atoms with E-state index in [1.165, 1.54) is 25.5 Å². The molecule has 0 spiro atoms. The molecule has 2 heterocycles. The number of hydrogen-bond acceptors (Lipinski definition) is 4. The zero-order valence-electron chi connectivity index (χ0n) is 18.3. The number of rotatable bonds is 7. The molecule has 8 heteroatoms. The summed E-state index contributed by atoms with van der Waals surface area (Å²) in [6.07, 6.45) is 11.1. The second-order valence-electron chi connectivity index (χ2n) is 6.19. The molecular formula is C21H36FN5O2. The fourth-order valence-corrected chi connectivity index (χ4v) is 2.73. The smallest absolute Gasteiger partial charge is 0.275 e. The van der Waals surface area contributed by atoms with Crippen LogP contribution >= 0.6 is 0 Å². The van der Waals surface area contributed by atoms with Gasteiger partial charge in [0.25, 0.3) is 5.91 Å². The number of allylic oxidation sites excluding steroid dienone is 4. The Labute approximate surface area is 173 Å². The second kappa shape index (κ2) is 16.5. The van der Waals surface area contributed by atoms with E-state index in [1.54, 1.807) is 13.0 Å². The lowest BCUT2D eigenvalue weighted by atomic mass is 10.1. The highest BCUT2D eigenvalue weighted by atomic mass is 19.1. The highest BCUT2D eigenvalue weighted by Crippen LogP contribution is 2.13. The molecule has 1 fully saturated rings. The van der Waals surface area contributed by atoms with Crippen LogP contribution in [0.4, 0.5) is 10.1 Å². The topological polar surface area (TPSA) is 90.1 Å². The lowest BCUT2D eigenvalue weighted by molar-refractivity contribution is -0.116. The number of aromatic amines is 1. The number of aromatic nitrogens is 2. The summed E-state index contributed by atoms with van der Waals surface area (Å²) in [5.74, 6) is -0.440. The lowest BCUT2D eigenvalue weighted by Gasteiger charge is -2.25. The average molecular weight is 410 g/mol. The number of hydrogen-bond donors (Lipinski definition) is 3. The summed E-state index contributed by atoms with van der Waals surface area (Å²) in [5.41, 5.74) is 1.36. The molecule has 2 rings (SSSR count). The number of H-pyrrole nitrogens is 1. The van der Waals surface area contributed by atoms with Gasteiger partial charge in [-0.1, -0.05) is 32.4 Å². The van der Waals surface area contributed by atoms with Gasteiger partial charge in [0.1, 0.15) is 5.69 Å². The minimum Gasteiger partial charge on any atom is -0.325 e. The molecule has 1 aromatic heterocycles. The fraction of sp³-hybridized carbons (Fsp3) is 0.571. The van der Waals surface area contributed by atoms with Crippen molar-refractivity contribution in [2.24, 2.45) is 0 Å². The van der Waals surface area contributed by atoms with Gasteiger partial charge in [-0.2, -0.15) is 5.10 Å². The van der Waals surface area contributed by atoms with Crippen molar-refractivity contribution < 1.29 is 14.0 Å². The third kappa shape index (κ3) is 10.6. The van der Waals surface area contributed by atoms with Gasteiger partial charge in [0.15, 0.2) is 0 Å². The molecule has 1 saturated heterocycles. The third-order valence-corrected chi connectivity index (χ3v) is 4.09. The minimum atomic E-state index is -0.331. The van der Waals surface area contributed by atoms with Crippen LogP contribution in [0.15, 0.2) is 30.1 Å². The number of likely N-dealkylation sites (tertiary alicyclic amines) is 1. The van der Waals surface area contributed by atoms with E-state index in [0.717, 1.165) is 19.6 Å². The van der Waals surface area contributed by atoms with E-state index in [-0.39, 0.29) is 17.5 Å². The predicted octanol–water partition coefficient (Wildman–Crippen LogP) is 4.05. The largest absolute Gasteiger partial charge is 0.325 e. The van der Waals surface area contributed by atoms with Gasteiger partial charge < -0.3 is 15.5 Å². The SMILES string of the molecule is C/C=C\C=C(/C)NC(=O)c1[nH]ncc1NC(=O)CCN1CCCCC1.CC.CF. The number of carbonyl (C=O) groups is 2. The van der Waals surface area contributed by atoms with Crippen LogP contribution in [0.3, 0.4) is 0 Å². The maximum Gasteiger partial charge on any atom is 0.275 e. The zero-order chi connectivity index (χ0) is 22.1. The molecule has 3 N–H and O–H groups in total. The molecule has 1 aliphatic heterocycles. The monoisotopic (exact) mass is 409 g/mol. The second-order valence-corrected chi connectivity index (χ2v) is 6.19. The van der Waals surface area contributed by atoms with Gasteiger partial charge in [-0.25, -0.2) is 0 Å². The van der Waals surface area contributed by atoms with E-state index in [4.69, 9.17) is 0 Å². The zero-order valence-corrected chi connectivity index (χ0v) is 18.3. The Kier molecular flexibility index (Phi) is 15.1. The van der Waals surface area contributed by atoms with Gasteiger partial charge in [-0.15, -0.1) is 0 Å². The fourth-order valence-electron chi connectivity index (χ4n) is 2.73. The summed E-state index contributed by atoms with van der Waals surface area (Å²) in [4.78, 5) is 26.7. The van der Waals surface area contributed by atoms with E-state index in [0.29, 0.717) is 25.0 Å². The molecule has 164 valence electrons. The van der Waals surface area contributed by atoms with Gasteiger partial charge in [-0.05, 0) is 45.9 Å². The molecular weight excluding hydrogens is 373 g/mol. The van der Waals surface area contributed by atoms with Gasteiger partial charge in [0.2, 0.25) is 5.91 Å². The number of nitrogens with one attached hydrogen (secondary N) is 3. The number of alkyl halides is 1. The first kappa shape index (κ1) is 26.5. The molecule has 0 atom stereocenters. The number of piperidine rings is 1. The maximum atomic E-state index is 12.3. The molecule has 0 bridgehead atoms. The van der Waals surface area contributed by atoms with E-state index in [2.05, 4.69) is 25.7 Å². The first-order valence-electron chi connectivity index (χ1n) is 10.1.